The molecule has 0 heterocycles. The lowest BCUT2D eigenvalue weighted by Gasteiger charge is -2.17. The van der Waals surface area contributed by atoms with Crippen LogP contribution in [0.25, 0.3) is 0 Å². The second kappa shape index (κ2) is 7.60. The molecule has 1 aromatic carbocycles. The second-order valence-electron chi connectivity index (χ2n) is 4.70. The van der Waals surface area contributed by atoms with E-state index in [2.05, 4.69) is 11.6 Å². The molecule has 0 aromatic heterocycles. The van der Waals surface area contributed by atoms with Gasteiger partial charge in [-0.3, -0.25) is 0 Å². The molecule has 0 radical (unpaired) electrons. The summed E-state index contributed by atoms with van der Waals surface area (Å²) < 4.78 is 39.8. The van der Waals surface area contributed by atoms with Gasteiger partial charge in [0.15, 0.2) is 0 Å². The molecular weight excluding hydrogens is 265 g/mol. The van der Waals surface area contributed by atoms with Crippen molar-refractivity contribution in [1.29, 1.82) is 0 Å². The van der Waals surface area contributed by atoms with Gasteiger partial charge >= 0.3 is 0 Å². The van der Waals surface area contributed by atoms with Gasteiger partial charge in [0.05, 0.1) is 4.90 Å². The van der Waals surface area contributed by atoms with Crippen LogP contribution in [0.1, 0.15) is 46.0 Å². The van der Waals surface area contributed by atoms with Crippen LogP contribution in [0.5, 0.6) is 0 Å². The molecule has 0 aliphatic heterocycles. The molecular formula is C14H22FNO2S. The van der Waals surface area contributed by atoms with Gasteiger partial charge in [0, 0.05) is 6.04 Å². The number of hydrogen-bond acceptors (Lipinski definition) is 2. The summed E-state index contributed by atoms with van der Waals surface area (Å²) in [7, 11) is -3.55. The second-order valence-corrected chi connectivity index (χ2v) is 6.42. The average molecular weight is 287 g/mol. The summed E-state index contributed by atoms with van der Waals surface area (Å²) in [6, 6.07) is 4.87. The summed E-state index contributed by atoms with van der Waals surface area (Å²) in [6.45, 7) is 4.11. The van der Waals surface area contributed by atoms with Crippen molar-refractivity contribution in [3.63, 3.8) is 0 Å². The summed E-state index contributed by atoms with van der Waals surface area (Å²) >= 11 is 0. The third kappa shape index (κ3) is 5.28. The predicted octanol–water partition coefficient (Wildman–Crippen LogP) is 3.46. The van der Waals surface area contributed by atoms with E-state index in [0.29, 0.717) is 0 Å². The number of halogens is 1. The van der Waals surface area contributed by atoms with Gasteiger partial charge in [0.25, 0.3) is 0 Å². The van der Waals surface area contributed by atoms with E-state index in [1.54, 1.807) is 0 Å². The highest BCUT2D eigenvalue weighted by molar-refractivity contribution is 7.89. The number of unbranched alkanes of at least 4 members (excludes halogenated alkanes) is 1. The molecule has 0 aliphatic carbocycles. The quantitative estimate of drug-likeness (QED) is 0.796. The van der Waals surface area contributed by atoms with E-state index in [-0.39, 0.29) is 10.9 Å². The van der Waals surface area contributed by atoms with E-state index in [4.69, 9.17) is 0 Å². The number of sulfonamides is 1. The van der Waals surface area contributed by atoms with Gasteiger partial charge in [0.2, 0.25) is 10.0 Å². The van der Waals surface area contributed by atoms with Crippen LogP contribution in [0.3, 0.4) is 0 Å². The van der Waals surface area contributed by atoms with Crippen molar-refractivity contribution >= 4 is 10.0 Å². The first-order chi connectivity index (χ1) is 8.99. The van der Waals surface area contributed by atoms with Gasteiger partial charge in [-0.2, -0.15) is 0 Å². The van der Waals surface area contributed by atoms with E-state index in [0.717, 1.165) is 44.2 Å². The molecule has 1 rings (SSSR count). The lowest BCUT2D eigenvalue weighted by Crippen LogP contribution is -2.34. The normalized spacial score (nSPS) is 13.4. The summed E-state index contributed by atoms with van der Waals surface area (Å²) in [5.74, 6) is -0.435. The van der Waals surface area contributed by atoms with Crippen molar-refractivity contribution in [2.24, 2.45) is 0 Å². The zero-order chi connectivity index (χ0) is 14.3. The molecule has 19 heavy (non-hydrogen) atoms. The maximum absolute atomic E-state index is 12.8. The van der Waals surface area contributed by atoms with Crippen molar-refractivity contribution in [2.45, 2.75) is 56.9 Å². The molecule has 1 atom stereocenters. The molecule has 0 bridgehead atoms. The minimum absolute atomic E-state index is 0.0417. The fourth-order valence-corrected chi connectivity index (χ4v) is 3.27. The van der Waals surface area contributed by atoms with Crippen LogP contribution in [-0.2, 0) is 10.0 Å². The molecule has 0 fully saturated rings. The molecule has 5 heteroatoms. The third-order valence-corrected chi connectivity index (χ3v) is 4.53. The van der Waals surface area contributed by atoms with Crippen molar-refractivity contribution in [2.75, 3.05) is 0 Å². The van der Waals surface area contributed by atoms with Gasteiger partial charge in [-0.05, 0) is 37.1 Å². The first-order valence-corrected chi connectivity index (χ1v) is 8.25. The lowest BCUT2D eigenvalue weighted by atomic mass is 10.1. The monoisotopic (exact) mass is 287 g/mol. The van der Waals surface area contributed by atoms with Crippen LogP contribution in [0.2, 0.25) is 0 Å². The van der Waals surface area contributed by atoms with Gasteiger partial charge in [-0.15, -0.1) is 0 Å². The zero-order valence-corrected chi connectivity index (χ0v) is 12.3. The highest BCUT2D eigenvalue weighted by Gasteiger charge is 2.19. The van der Waals surface area contributed by atoms with E-state index in [1.807, 2.05) is 6.92 Å². The first kappa shape index (κ1) is 16.1. The summed E-state index contributed by atoms with van der Waals surface area (Å²) in [4.78, 5) is 0.117. The Kier molecular flexibility index (Phi) is 6.45. The molecule has 0 saturated heterocycles. The van der Waals surface area contributed by atoms with Gasteiger partial charge in [-0.1, -0.05) is 33.1 Å². The molecule has 1 N–H and O–H groups in total. The Morgan fingerprint density at radius 2 is 1.74 bits per heavy atom. The molecule has 1 aromatic rings. The van der Waals surface area contributed by atoms with E-state index < -0.39 is 15.8 Å². The van der Waals surface area contributed by atoms with E-state index in [1.165, 1.54) is 12.1 Å². The van der Waals surface area contributed by atoms with E-state index in [9.17, 15) is 12.8 Å². The van der Waals surface area contributed by atoms with Crippen LogP contribution < -0.4 is 4.72 Å². The highest BCUT2D eigenvalue weighted by Crippen LogP contribution is 2.14. The number of nitrogens with one attached hydrogen (secondary N) is 1. The summed E-state index contributed by atoms with van der Waals surface area (Å²) in [5.41, 5.74) is 0. The number of rotatable bonds is 8. The Morgan fingerprint density at radius 3 is 2.26 bits per heavy atom. The van der Waals surface area contributed by atoms with Gasteiger partial charge in [-0.25, -0.2) is 17.5 Å². The SMILES string of the molecule is CCCCC(CCC)NS(=O)(=O)c1ccc(F)cc1. The van der Waals surface area contributed by atoms with Crippen molar-refractivity contribution < 1.29 is 12.8 Å². The highest BCUT2D eigenvalue weighted by atomic mass is 32.2. The van der Waals surface area contributed by atoms with E-state index >= 15 is 0 Å². The lowest BCUT2D eigenvalue weighted by molar-refractivity contribution is 0.483. The zero-order valence-electron chi connectivity index (χ0n) is 11.5. The molecule has 0 saturated carbocycles. The average Bonchev–Trinajstić information content (AvgIpc) is 2.36. The molecule has 0 spiro atoms. The predicted molar refractivity (Wildman–Crippen MR) is 74.9 cm³/mol. The number of benzene rings is 1. The van der Waals surface area contributed by atoms with Gasteiger partial charge < -0.3 is 0 Å². The molecule has 0 aliphatic rings. The van der Waals surface area contributed by atoms with Crippen molar-refractivity contribution in [1.82, 2.24) is 4.72 Å². The van der Waals surface area contributed by atoms with Crippen LogP contribution >= 0.6 is 0 Å². The molecule has 0 amide bonds. The Morgan fingerprint density at radius 1 is 1.11 bits per heavy atom. The fourth-order valence-electron chi connectivity index (χ4n) is 1.96. The topological polar surface area (TPSA) is 46.2 Å². The molecule has 108 valence electrons. The third-order valence-electron chi connectivity index (χ3n) is 2.99. The smallest absolute Gasteiger partial charge is 0.208 e. The Hall–Kier alpha value is -0.940. The maximum Gasteiger partial charge on any atom is 0.240 e. The minimum Gasteiger partial charge on any atom is -0.208 e. The summed E-state index contributed by atoms with van der Waals surface area (Å²) in [6.07, 6.45) is 4.63. The molecule has 3 nitrogen and oxygen atoms in total. The number of hydrogen-bond donors (Lipinski definition) is 1. The Balaban J connectivity index is 2.78. The van der Waals surface area contributed by atoms with Crippen LogP contribution in [0, 0.1) is 5.82 Å². The van der Waals surface area contributed by atoms with Crippen LogP contribution in [-0.4, -0.2) is 14.5 Å². The van der Waals surface area contributed by atoms with Gasteiger partial charge in [0.1, 0.15) is 5.82 Å². The molecule has 1 unspecified atom stereocenters. The first-order valence-electron chi connectivity index (χ1n) is 6.77. The Bertz CT molecular complexity index is 471. The van der Waals surface area contributed by atoms with Crippen molar-refractivity contribution in [3.05, 3.63) is 30.1 Å². The standard InChI is InChI=1S/C14H22FNO2S/c1-3-5-7-13(6-4-2)16-19(17,18)14-10-8-12(15)9-11-14/h8-11,13,16H,3-7H2,1-2H3. The van der Waals surface area contributed by atoms with Crippen LogP contribution in [0.4, 0.5) is 4.39 Å². The Labute approximate surface area is 115 Å². The van der Waals surface area contributed by atoms with Crippen molar-refractivity contribution in [3.8, 4) is 0 Å². The maximum atomic E-state index is 12.8. The fraction of sp³-hybridized carbons (Fsp3) is 0.571. The summed E-state index contributed by atoms with van der Waals surface area (Å²) in [5, 5.41) is 0. The largest absolute Gasteiger partial charge is 0.240 e. The van der Waals surface area contributed by atoms with Crippen LogP contribution in [0.15, 0.2) is 29.2 Å². The minimum atomic E-state index is -3.55.